The van der Waals surface area contributed by atoms with Crippen LogP contribution < -0.4 is 0 Å². The summed E-state index contributed by atoms with van der Waals surface area (Å²) in [4.78, 5) is 23.4. The lowest BCUT2D eigenvalue weighted by Gasteiger charge is -2.19. The second-order valence-electron chi connectivity index (χ2n) is 5.38. The molecule has 0 fully saturated rings. The molecule has 1 aliphatic rings. The summed E-state index contributed by atoms with van der Waals surface area (Å²) in [6, 6.07) is 7.95. The Labute approximate surface area is 116 Å². The summed E-state index contributed by atoms with van der Waals surface area (Å²) >= 11 is 0. The van der Waals surface area contributed by atoms with Crippen LogP contribution in [0.25, 0.3) is 10.9 Å². The van der Waals surface area contributed by atoms with Crippen molar-refractivity contribution in [3.8, 4) is 0 Å². The Morgan fingerprint density at radius 1 is 1.25 bits per heavy atom. The summed E-state index contributed by atoms with van der Waals surface area (Å²) in [5, 5.41) is 1.02. The number of benzene rings is 1. The Hall–Kier alpha value is -2.36. The van der Waals surface area contributed by atoms with E-state index in [9.17, 15) is 4.79 Å². The Morgan fingerprint density at radius 3 is 3.10 bits per heavy atom. The van der Waals surface area contributed by atoms with Gasteiger partial charge < -0.3 is 9.97 Å². The molecule has 4 rings (SSSR count). The highest BCUT2D eigenvalue weighted by Crippen LogP contribution is 2.28. The fraction of sp³-hybridized carbons (Fsp3) is 0.250. The zero-order valence-corrected chi connectivity index (χ0v) is 11.0. The predicted molar refractivity (Wildman–Crippen MR) is 76.7 cm³/mol. The second kappa shape index (κ2) is 4.34. The Morgan fingerprint density at radius 2 is 2.15 bits per heavy atom. The van der Waals surface area contributed by atoms with E-state index in [1.807, 2.05) is 30.5 Å². The zero-order valence-electron chi connectivity index (χ0n) is 11.0. The van der Waals surface area contributed by atoms with Crippen molar-refractivity contribution >= 4 is 16.7 Å². The molecule has 1 aromatic carbocycles. The molecule has 4 heteroatoms. The number of aromatic nitrogens is 3. The van der Waals surface area contributed by atoms with Gasteiger partial charge in [-0.15, -0.1) is 0 Å². The third-order valence-electron chi connectivity index (χ3n) is 4.21. The van der Waals surface area contributed by atoms with Crippen LogP contribution in [0.4, 0.5) is 0 Å². The molecule has 0 saturated carbocycles. The summed E-state index contributed by atoms with van der Waals surface area (Å²) in [6.07, 6.45) is 6.11. The first-order chi connectivity index (χ1) is 9.83. The molecular weight excluding hydrogens is 250 g/mol. The number of imidazole rings is 1. The maximum absolute atomic E-state index is 12.8. The molecule has 1 aliphatic carbocycles. The Bertz CT molecular complexity index is 784. The summed E-state index contributed by atoms with van der Waals surface area (Å²) in [5.41, 5.74) is 4.07. The molecule has 1 unspecified atom stereocenters. The average molecular weight is 265 g/mol. The third kappa shape index (κ3) is 1.68. The normalized spacial score (nSPS) is 18.1. The molecule has 100 valence electrons. The minimum absolute atomic E-state index is 0.0576. The van der Waals surface area contributed by atoms with Crippen LogP contribution in [0.3, 0.4) is 0 Å². The first-order valence-corrected chi connectivity index (χ1v) is 6.94. The number of fused-ring (bicyclic) bond motifs is 2. The first-order valence-electron chi connectivity index (χ1n) is 6.94. The number of hydrogen-bond donors (Lipinski definition) is 2. The van der Waals surface area contributed by atoms with Crippen LogP contribution in [-0.4, -0.2) is 20.7 Å². The Kier molecular flexibility index (Phi) is 2.49. The number of Topliss-reactive ketones (excluding diaryl/α,β-unsaturated/α-hetero) is 1. The summed E-state index contributed by atoms with van der Waals surface area (Å²) < 4.78 is 0. The molecule has 0 bridgehead atoms. The van der Waals surface area contributed by atoms with Crippen molar-refractivity contribution in [3.05, 3.63) is 53.7 Å². The van der Waals surface area contributed by atoms with Gasteiger partial charge in [-0.2, -0.15) is 0 Å². The topological polar surface area (TPSA) is 61.5 Å². The van der Waals surface area contributed by atoms with Gasteiger partial charge in [0.1, 0.15) is 0 Å². The molecule has 0 radical (unpaired) electrons. The number of nitrogens with one attached hydrogen (secondary N) is 2. The van der Waals surface area contributed by atoms with Crippen LogP contribution in [0.15, 0.2) is 36.8 Å². The lowest BCUT2D eigenvalue weighted by Crippen LogP contribution is -2.22. The number of nitrogens with zero attached hydrogens (tertiary/aromatic N) is 1. The quantitative estimate of drug-likeness (QED) is 0.700. The van der Waals surface area contributed by atoms with E-state index in [4.69, 9.17) is 0 Å². The highest BCUT2D eigenvalue weighted by molar-refractivity contribution is 6.09. The smallest absolute Gasteiger partial charge is 0.168 e. The van der Waals surface area contributed by atoms with Crippen molar-refractivity contribution in [1.82, 2.24) is 15.0 Å². The second-order valence-corrected chi connectivity index (χ2v) is 5.38. The molecule has 0 spiro atoms. The molecular formula is C16H15N3O. The van der Waals surface area contributed by atoms with Gasteiger partial charge in [0.15, 0.2) is 5.78 Å². The summed E-state index contributed by atoms with van der Waals surface area (Å²) in [7, 11) is 0. The molecule has 2 heterocycles. The highest BCUT2D eigenvalue weighted by Gasteiger charge is 2.28. The van der Waals surface area contributed by atoms with Gasteiger partial charge in [-0.05, 0) is 25.3 Å². The highest BCUT2D eigenvalue weighted by atomic mass is 16.1. The van der Waals surface area contributed by atoms with E-state index in [1.165, 1.54) is 0 Å². The van der Waals surface area contributed by atoms with Gasteiger partial charge >= 0.3 is 0 Å². The number of rotatable bonds is 2. The van der Waals surface area contributed by atoms with Crippen LogP contribution in [-0.2, 0) is 12.8 Å². The van der Waals surface area contributed by atoms with Crippen molar-refractivity contribution in [2.45, 2.75) is 19.3 Å². The first kappa shape index (κ1) is 11.5. The van der Waals surface area contributed by atoms with Crippen LogP contribution in [0.2, 0.25) is 0 Å². The number of aryl methyl sites for hydroxylation is 1. The Balaban J connectivity index is 1.68. The van der Waals surface area contributed by atoms with Crippen molar-refractivity contribution in [2.75, 3.05) is 0 Å². The van der Waals surface area contributed by atoms with E-state index in [2.05, 4.69) is 15.0 Å². The molecule has 0 amide bonds. The van der Waals surface area contributed by atoms with Gasteiger partial charge in [0.05, 0.1) is 12.0 Å². The monoisotopic (exact) mass is 265 g/mol. The van der Waals surface area contributed by atoms with Gasteiger partial charge in [0.2, 0.25) is 0 Å². The molecule has 2 N–H and O–H groups in total. The van der Waals surface area contributed by atoms with Crippen molar-refractivity contribution in [1.29, 1.82) is 0 Å². The lowest BCUT2D eigenvalue weighted by atomic mass is 9.84. The number of ketones is 1. The molecule has 1 atom stereocenters. The fourth-order valence-corrected chi connectivity index (χ4v) is 3.12. The lowest BCUT2D eigenvalue weighted by molar-refractivity contribution is 0.0909. The number of carbonyl (C=O) groups is 1. The largest absolute Gasteiger partial charge is 0.360 e. The predicted octanol–water partition coefficient (Wildman–Crippen LogP) is 2.88. The van der Waals surface area contributed by atoms with Crippen LogP contribution in [0, 0.1) is 5.92 Å². The number of carbonyl (C=O) groups excluding carboxylic acids is 1. The SMILES string of the molecule is O=C(c1c[nH]c2ccccc12)C1CCc2nc[nH]c2C1. The molecule has 0 aliphatic heterocycles. The van der Waals surface area contributed by atoms with Gasteiger partial charge in [-0.25, -0.2) is 4.98 Å². The van der Waals surface area contributed by atoms with E-state index in [1.54, 1.807) is 6.33 Å². The van der Waals surface area contributed by atoms with Crippen LogP contribution >= 0.6 is 0 Å². The minimum Gasteiger partial charge on any atom is -0.360 e. The van der Waals surface area contributed by atoms with E-state index >= 15 is 0 Å². The maximum Gasteiger partial charge on any atom is 0.168 e. The maximum atomic E-state index is 12.8. The van der Waals surface area contributed by atoms with Gasteiger partial charge in [-0.3, -0.25) is 4.79 Å². The molecule has 0 saturated heterocycles. The summed E-state index contributed by atoms with van der Waals surface area (Å²) in [6.45, 7) is 0. The molecule has 20 heavy (non-hydrogen) atoms. The van der Waals surface area contributed by atoms with Gasteiger partial charge in [-0.1, -0.05) is 18.2 Å². The number of H-pyrrole nitrogens is 2. The van der Waals surface area contributed by atoms with Crippen molar-refractivity contribution in [3.63, 3.8) is 0 Å². The van der Waals surface area contributed by atoms with Crippen LogP contribution in [0.1, 0.15) is 28.2 Å². The van der Waals surface area contributed by atoms with Crippen molar-refractivity contribution < 1.29 is 4.79 Å². The van der Waals surface area contributed by atoms with Crippen LogP contribution in [0.5, 0.6) is 0 Å². The molecule has 3 aromatic rings. The molecule has 2 aromatic heterocycles. The van der Waals surface area contributed by atoms with Crippen molar-refractivity contribution in [2.24, 2.45) is 5.92 Å². The number of hydrogen-bond acceptors (Lipinski definition) is 2. The zero-order chi connectivity index (χ0) is 13.5. The average Bonchev–Trinajstić information content (AvgIpc) is 3.12. The fourth-order valence-electron chi connectivity index (χ4n) is 3.12. The number of aromatic amines is 2. The summed E-state index contributed by atoms with van der Waals surface area (Å²) in [5.74, 6) is 0.296. The van der Waals surface area contributed by atoms with Gasteiger partial charge in [0, 0.05) is 34.3 Å². The van der Waals surface area contributed by atoms with E-state index < -0.39 is 0 Å². The minimum atomic E-state index is 0.0576. The van der Waals surface area contributed by atoms with E-state index in [0.29, 0.717) is 0 Å². The molecule has 4 nitrogen and oxygen atoms in total. The van der Waals surface area contributed by atoms with E-state index in [0.717, 1.165) is 47.1 Å². The standard InChI is InChI=1S/C16H15N3O/c20-16(10-5-6-14-15(7-10)19-9-18-14)12-8-17-13-4-2-1-3-11(12)13/h1-4,8-10,17H,5-7H2,(H,18,19). The van der Waals surface area contributed by atoms with Gasteiger partial charge in [0.25, 0.3) is 0 Å². The number of para-hydroxylation sites is 1. The van der Waals surface area contributed by atoms with E-state index in [-0.39, 0.29) is 11.7 Å². The third-order valence-corrected chi connectivity index (χ3v) is 4.21.